The Kier molecular flexibility index (Phi) is 7.35. The first-order valence-electron chi connectivity index (χ1n) is 6.84. The van der Waals surface area contributed by atoms with Gasteiger partial charge in [-0.25, -0.2) is 0 Å². The summed E-state index contributed by atoms with van der Waals surface area (Å²) in [4.78, 5) is 33.8. The van der Waals surface area contributed by atoms with Gasteiger partial charge in [0, 0.05) is 20.8 Å². The van der Waals surface area contributed by atoms with Crippen molar-refractivity contribution in [2.75, 3.05) is 0 Å². The molecule has 7 heteroatoms. The van der Waals surface area contributed by atoms with Crippen LogP contribution in [0.2, 0.25) is 0 Å². The second-order valence-electron chi connectivity index (χ2n) is 5.93. The molecule has 0 amide bonds. The van der Waals surface area contributed by atoms with Crippen LogP contribution in [0.1, 0.15) is 47.5 Å². The van der Waals surface area contributed by atoms with E-state index in [9.17, 15) is 14.4 Å². The highest BCUT2D eigenvalue weighted by Crippen LogP contribution is 2.21. The van der Waals surface area contributed by atoms with E-state index in [-0.39, 0.29) is 12.3 Å². The van der Waals surface area contributed by atoms with Crippen LogP contribution in [0.25, 0.3) is 0 Å². The maximum absolute atomic E-state index is 12.0. The molecule has 2 unspecified atom stereocenters. The highest BCUT2D eigenvalue weighted by molar-refractivity contribution is 5.78. The molecule has 0 heterocycles. The minimum Gasteiger partial charge on any atom is -0.481 e. The van der Waals surface area contributed by atoms with Crippen molar-refractivity contribution in [2.24, 2.45) is 17.6 Å². The van der Waals surface area contributed by atoms with Crippen molar-refractivity contribution < 1.29 is 29.0 Å². The van der Waals surface area contributed by atoms with Crippen LogP contribution in [-0.4, -0.2) is 34.8 Å². The van der Waals surface area contributed by atoms with Crippen molar-refractivity contribution in [1.82, 2.24) is 0 Å². The predicted molar refractivity (Wildman–Crippen MR) is 75.1 cm³/mol. The molecule has 0 aromatic heterocycles. The minimum atomic E-state index is -1.44. The standard InChI is InChI=1S/C14H25NO6/c1-8(2)6-10(7-11(17)18)12(15)13(19)21-14(4,5)20-9(3)16/h8,10,12H,6-7,15H2,1-5H3,(H,17,18). The molecule has 122 valence electrons. The lowest BCUT2D eigenvalue weighted by Gasteiger charge is -2.28. The van der Waals surface area contributed by atoms with Gasteiger partial charge in [0.15, 0.2) is 0 Å². The fraction of sp³-hybridized carbons (Fsp3) is 0.786. The molecule has 0 saturated carbocycles. The molecule has 0 aliphatic carbocycles. The van der Waals surface area contributed by atoms with Crippen LogP contribution >= 0.6 is 0 Å². The molecule has 2 atom stereocenters. The average molecular weight is 303 g/mol. The number of hydrogen-bond acceptors (Lipinski definition) is 6. The number of carbonyl (C=O) groups is 3. The fourth-order valence-electron chi connectivity index (χ4n) is 2.06. The number of ether oxygens (including phenoxy) is 2. The number of rotatable bonds is 8. The number of carboxylic acid groups (broad SMARTS) is 1. The summed E-state index contributed by atoms with van der Waals surface area (Å²) in [6.45, 7) is 7.84. The molecular formula is C14H25NO6. The van der Waals surface area contributed by atoms with Gasteiger partial charge in [-0.3, -0.25) is 14.4 Å². The number of nitrogens with two attached hydrogens (primary N) is 1. The maximum atomic E-state index is 12.0. The van der Waals surface area contributed by atoms with Gasteiger partial charge in [0.05, 0.1) is 6.42 Å². The molecule has 21 heavy (non-hydrogen) atoms. The molecule has 0 aliphatic heterocycles. The zero-order chi connectivity index (χ0) is 16.8. The third kappa shape index (κ3) is 8.29. The average Bonchev–Trinajstić information content (AvgIpc) is 2.22. The molecular weight excluding hydrogens is 278 g/mol. The Labute approximate surface area is 124 Å². The molecule has 0 aliphatic rings. The molecule has 0 radical (unpaired) electrons. The topological polar surface area (TPSA) is 116 Å². The summed E-state index contributed by atoms with van der Waals surface area (Å²) in [5.41, 5.74) is 5.82. The van der Waals surface area contributed by atoms with Crippen LogP contribution in [0.5, 0.6) is 0 Å². The lowest BCUT2D eigenvalue weighted by Crippen LogP contribution is -2.45. The first kappa shape index (κ1) is 19.4. The number of hydrogen-bond donors (Lipinski definition) is 2. The minimum absolute atomic E-state index is 0.190. The van der Waals surface area contributed by atoms with Crippen molar-refractivity contribution in [3.05, 3.63) is 0 Å². The summed E-state index contributed by atoms with van der Waals surface area (Å²) in [7, 11) is 0. The number of carbonyl (C=O) groups excluding carboxylic acids is 2. The van der Waals surface area contributed by atoms with Gasteiger partial charge >= 0.3 is 17.9 Å². The molecule has 7 nitrogen and oxygen atoms in total. The summed E-state index contributed by atoms with van der Waals surface area (Å²) in [6.07, 6.45) is 0.263. The van der Waals surface area contributed by atoms with E-state index in [0.29, 0.717) is 6.42 Å². The Bertz CT molecular complexity index is 391. The van der Waals surface area contributed by atoms with Crippen molar-refractivity contribution >= 4 is 17.9 Å². The summed E-state index contributed by atoms with van der Waals surface area (Å²) >= 11 is 0. The monoisotopic (exact) mass is 303 g/mol. The largest absolute Gasteiger partial charge is 0.481 e. The van der Waals surface area contributed by atoms with Gasteiger partial charge in [0.25, 0.3) is 5.79 Å². The smallest absolute Gasteiger partial charge is 0.326 e. The van der Waals surface area contributed by atoms with E-state index in [2.05, 4.69) is 0 Å². The lowest BCUT2D eigenvalue weighted by atomic mass is 9.88. The summed E-state index contributed by atoms with van der Waals surface area (Å²) in [5.74, 6) is -4.19. The van der Waals surface area contributed by atoms with E-state index >= 15 is 0 Å². The molecule has 0 spiro atoms. The second-order valence-corrected chi connectivity index (χ2v) is 5.93. The Morgan fingerprint density at radius 3 is 2.10 bits per heavy atom. The van der Waals surface area contributed by atoms with Gasteiger partial charge in [-0.15, -0.1) is 0 Å². The molecule has 3 N–H and O–H groups in total. The van der Waals surface area contributed by atoms with Crippen molar-refractivity contribution in [2.45, 2.75) is 59.3 Å². The molecule has 0 aromatic rings. The fourth-order valence-corrected chi connectivity index (χ4v) is 2.06. The van der Waals surface area contributed by atoms with E-state index in [4.69, 9.17) is 20.3 Å². The summed E-state index contributed by atoms with van der Waals surface area (Å²) in [6, 6.07) is -1.08. The van der Waals surface area contributed by atoms with Crippen LogP contribution in [0.4, 0.5) is 0 Å². The lowest BCUT2D eigenvalue weighted by molar-refractivity contribution is -0.216. The van der Waals surface area contributed by atoms with Gasteiger partial charge < -0.3 is 20.3 Å². The third-order valence-electron chi connectivity index (χ3n) is 2.73. The van der Waals surface area contributed by atoms with Gasteiger partial charge in [0.2, 0.25) is 0 Å². The molecule has 0 bridgehead atoms. The molecule has 0 aromatic carbocycles. The normalized spacial score (nSPS) is 14.4. The van der Waals surface area contributed by atoms with E-state index in [1.54, 1.807) is 0 Å². The number of aliphatic carboxylic acids is 1. The van der Waals surface area contributed by atoms with Crippen molar-refractivity contribution in [3.8, 4) is 0 Å². The van der Waals surface area contributed by atoms with Crippen LogP contribution in [-0.2, 0) is 23.9 Å². The van der Waals surface area contributed by atoms with E-state index in [1.165, 1.54) is 20.8 Å². The second kappa shape index (κ2) is 7.97. The van der Waals surface area contributed by atoms with Crippen molar-refractivity contribution in [3.63, 3.8) is 0 Å². The quantitative estimate of drug-likeness (QED) is 0.512. The SMILES string of the molecule is CC(=O)OC(C)(C)OC(=O)C(N)C(CC(=O)O)CC(C)C. The Balaban J connectivity index is 4.83. The number of esters is 2. The van der Waals surface area contributed by atoms with Crippen LogP contribution in [0, 0.1) is 11.8 Å². The summed E-state index contributed by atoms with van der Waals surface area (Å²) in [5, 5.41) is 8.90. The van der Waals surface area contributed by atoms with Gasteiger partial charge in [-0.1, -0.05) is 13.8 Å². The first-order valence-corrected chi connectivity index (χ1v) is 6.84. The molecule has 0 saturated heterocycles. The zero-order valence-electron chi connectivity index (χ0n) is 13.2. The van der Waals surface area contributed by atoms with Crippen LogP contribution < -0.4 is 5.73 Å². The highest BCUT2D eigenvalue weighted by atomic mass is 16.7. The van der Waals surface area contributed by atoms with E-state index < -0.39 is 35.7 Å². The van der Waals surface area contributed by atoms with Crippen LogP contribution in [0.3, 0.4) is 0 Å². The Hall–Kier alpha value is -1.63. The predicted octanol–water partition coefficient (Wildman–Crippen LogP) is 1.29. The van der Waals surface area contributed by atoms with Gasteiger partial charge in [0.1, 0.15) is 6.04 Å². The van der Waals surface area contributed by atoms with Gasteiger partial charge in [-0.05, 0) is 18.3 Å². The van der Waals surface area contributed by atoms with E-state index in [0.717, 1.165) is 0 Å². The van der Waals surface area contributed by atoms with E-state index in [1.807, 2.05) is 13.8 Å². The Morgan fingerprint density at radius 2 is 1.71 bits per heavy atom. The third-order valence-corrected chi connectivity index (χ3v) is 2.73. The molecule has 0 rings (SSSR count). The summed E-state index contributed by atoms with van der Waals surface area (Å²) < 4.78 is 9.90. The molecule has 0 fully saturated rings. The number of carboxylic acids is 1. The Morgan fingerprint density at radius 1 is 1.19 bits per heavy atom. The highest BCUT2D eigenvalue weighted by Gasteiger charge is 2.34. The van der Waals surface area contributed by atoms with Gasteiger partial charge in [-0.2, -0.15) is 0 Å². The first-order chi connectivity index (χ1) is 9.44. The van der Waals surface area contributed by atoms with Crippen LogP contribution in [0.15, 0.2) is 0 Å². The van der Waals surface area contributed by atoms with Crippen molar-refractivity contribution in [1.29, 1.82) is 0 Å². The zero-order valence-corrected chi connectivity index (χ0v) is 13.2. The maximum Gasteiger partial charge on any atom is 0.326 e.